The smallest absolute Gasteiger partial charge is 0.0512 e. The number of hydrogen-bond donors (Lipinski definition) is 1. The van der Waals surface area contributed by atoms with Gasteiger partial charge in [-0.25, -0.2) is 0 Å². The van der Waals surface area contributed by atoms with Crippen molar-refractivity contribution in [1.82, 2.24) is 0 Å². The van der Waals surface area contributed by atoms with Crippen molar-refractivity contribution in [2.75, 3.05) is 13.7 Å². The van der Waals surface area contributed by atoms with Crippen LogP contribution in [0.25, 0.3) is 0 Å². The number of methoxy groups -OCH3 is 1. The highest BCUT2D eigenvalue weighted by molar-refractivity contribution is 4.58. The Balaban J connectivity index is 3.35. The van der Waals surface area contributed by atoms with E-state index in [0.717, 1.165) is 25.9 Å². The van der Waals surface area contributed by atoms with Crippen LogP contribution in [-0.2, 0) is 4.74 Å². The topological polar surface area (TPSA) is 29.5 Å². The van der Waals surface area contributed by atoms with Gasteiger partial charge >= 0.3 is 0 Å². The average molecular weight is 160 g/mol. The van der Waals surface area contributed by atoms with Gasteiger partial charge in [0.05, 0.1) is 6.10 Å². The lowest BCUT2D eigenvalue weighted by Gasteiger charge is -2.13. The normalized spacial score (nSPS) is 16.4. The Hall–Kier alpha value is -0.0800. The summed E-state index contributed by atoms with van der Waals surface area (Å²) in [6.07, 6.45) is 2.94. The van der Waals surface area contributed by atoms with Crippen molar-refractivity contribution >= 4 is 0 Å². The molecule has 0 aromatic heterocycles. The van der Waals surface area contributed by atoms with E-state index in [4.69, 9.17) is 9.84 Å². The fourth-order valence-corrected chi connectivity index (χ4v) is 1.12. The van der Waals surface area contributed by atoms with E-state index in [0.29, 0.717) is 5.92 Å². The molecule has 0 radical (unpaired) electrons. The second kappa shape index (κ2) is 6.62. The molecule has 0 fully saturated rings. The lowest BCUT2D eigenvalue weighted by atomic mass is 10.00. The summed E-state index contributed by atoms with van der Waals surface area (Å²) in [6, 6.07) is 0. The van der Waals surface area contributed by atoms with Crippen molar-refractivity contribution in [3.8, 4) is 0 Å². The number of aliphatic hydroxyl groups excluding tert-OH is 1. The van der Waals surface area contributed by atoms with Gasteiger partial charge in [-0.3, -0.25) is 0 Å². The first kappa shape index (κ1) is 10.9. The van der Waals surface area contributed by atoms with E-state index >= 15 is 0 Å². The van der Waals surface area contributed by atoms with Gasteiger partial charge in [0, 0.05) is 13.7 Å². The van der Waals surface area contributed by atoms with Gasteiger partial charge < -0.3 is 9.84 Å². The van der Waals surface area contributed by atoms with Crippen LogP contribution in [0.3, 0.4) is 0 Å². The van der Waals surface area contributed by atoms with Crippen LogP contribution in [0.2, 0.25) is 0 Å². The molecule has 0 bridgehead atoms. The number of rotatable bonds is 6. The maximum absolute atomic E-state index is 9.02. The van der Waals surface area contributed by atoms with E-state index in [-0.39, 0.29) is 6.10 Å². The zero-order chi connectivity index (χ0) is 8.69. The summed E-state index contributed by atoms with van der Waals surface area (Å²) >= 11 is 0. The van der Waals surface area contributed by atoms with Crippen LogP contribution in [0.1, 0.15) is 33.1 Å². The number of ether oxygens (including phenoxy) is 1. The van der Waals surface area contributed by atoms with Crippen LogP contribution >= 0.6 is 0 Å². The minimum absolute atomic E-state index is 0.166. The molecule has 0 heterocycles. The third kappa shape index (κ3) is 6.32. The Morgan fingerprint density at radius 2 is 2.00 bits per heavy atom. The van der Waals surface area contributed by atoms with Gasteiger partial charge in [-0.15, -0.1) is 0 Å². The molecule has 11 heavy (non-hydrogen) atoms. The predicted octanol–water partition coefficient (Wildman–Crippen LogP) is 1.82. The fraction of sp³-hybridized carbons (Fsp3) is 1.00. The van der Waals surface area contributed by atoms with Crippen molar-refractivity contribution in [1.29, 1.82) is 0 Å². The quantitative estimate of drug-likeness (QED) is 0.642. The monoisotopic (exact) mass is 160 g/mol. The third-order valence-electron chi connectivity index (χ3n) is 1.97. The molecule has 0 aromatic carbocycles. The van der Waals surface area contributed by atoms with Crippen LogP contribution in [0.15, 0.2) is 0 Å². The lowest BCUT2D eigenvalue weighted by molar-refractivity contribution is 0.125. The van der Waals surface area contributed by atoms with Crippen molar-refractivity contribution in [3.05, 3.63) is 0 Å². The molecule has 0 saturated heterocycles. The fourth-order valence-electron chi connectivity index (χ4n) is 1.12. The summed E-state index contributed by atoms with van der Waals surface area (Å²) in [5, 5.41) is 9.02. The van der Waals surface area contributed by atoms with E-state index in [1.54, 1.807) is 7.11 Å². The molecule has 0 amide bonds. The summed E-state index contributed by atoms with van der Waals surface area (Å²) in [5.41, 5.74) is 0. The molecule has 2 heteroatoms. The first-order valence-electron chi connectivity index (χ1n) is 4.37. The largest absolute Gasteiger partial charge is 0.393 e. The van der Waals surface area contributed by atoms with Crippen LogP contribution in [0.5, 0.6) is 0 Å². The van der Waals surface area contributed by atoms with Crippen molar-refractivity contribution < 1.29 is 9.84 Å². The van der Waals surface area contributed by atoms with Crippen LogP contribution in [0, 0.1) is 5.92 Å². The molecule has 0 aromatic rings. The molecule has 0 aliphatic carbocycles. The van der Waals surface area contributed by atoms with Crippen LogP contribution < -0.4 is 0 Å². The first-order chi connectivity index (χ1) is 5.20. The molecule has 2 atom stereocenters. The summed E-state index contributed by atoms with van der Waals surface area (Å²) < 4.78 is 5.05. The second-order valence-electron chi connectivity index (χ2n) is 3.16. The van der Waals surface area contributed by atoms with E-state index in [1.807, 2.05) is 6.92 Å². The Labute approximate surface area is 69.6 Å². The molecule has 0 rings (SSSR count). The maximum atomic E-state index is 9.02. The van der Waals surface area contributed by atoms with E-state index < -0.39 is 0 Å². The predicted molar refractivity (Wildman–Crippen MR) is 46.6 cm³/mol. The van der Waals surface area contributed by atoms with Gasteiger partial charge in [-0.05, 0) is 25.7 Å². The number of hydrogen-bond acceptors (Lipinski definition) is 2. The Morgan fingerprint density at radius 1 is 1.36 bits per heavy atom. The van der Waals surface area contributed by atoms with Crippen LogP contribution in [0.4, 0.5) is 0 Å². The zero-order valence-corrected chi connectivity index (χ0v) is 7.84. The van der Waals surface area contributed by atoms with Crippen LogP contribution in [-0.4, -0.2) is 24.9 Å². The third-order valence-corrected chi connectivity index (χ3v) is 1.97. The first-order valence-corrected chi connectivity index (χ1v) is 4.37. The molecule has 2 nitrogen and oxygen atoms in total. The lowest BCUT2D eigenvalue weighted by Crippen LogP contribution is -2.10. The molecule has 2 unspecified atom stereocenters. The summed E-state index contributed by atoms with van der Waals surface area (Å²) in [4.78, 5) is 0. The molecule has 0 aliphatic rings. The van der Waals surface area contributed by atoms with Gasteiger partial charge in [0.1, 0.15) is 0 Å². The Kier molecular flexibility index (Phi) is 6.57. The Morgan fingerprint density at radius 3 is 2.36 bits per heavy atom. The average Bonchev–Trinajstić information content (AvgIpc) is 1.97. The maximum Gasteiger partial charge on any atom is 0.0512 e. The summed E-state index contributed by atoms with van der Waals surface area (Å²) in [6.45, 7) is 4.81. The van der Waals surface area contributed by atoms with Crippen molar-refractivity contribution in [3.63, 3.8) is 0 Å². The highest BCUT2D eigenvalue weighted by Crippen LogP contribution is 2.12. The summed E-state index contributed by atoms with van der Waals surface area (Å²) in [5.74, 6) is 0.620. The minimum atomic E-state index is -0.166. The van der Waals surface area contributed by atoms with E-state index in [2.05, 4.69) is 6.92 Å². The van der Waals surface area contributed by atoms with E-state index in [1.165, 1.54) is 0 Å². The van der Waals surface area contributed by atoms with Crippen molar-refractivity contribution in [2.24, 2.45) is 5.92 Å². The SMILES string of the molecule is CCC(CCC(C)O)COC. The highest BCUT2D eigenvalue weighted by Gasteiger charge is 2.06. The summed E-state index contributed by atoms with van der Waals surface area (Å²) in [7, 11) is 1.73. The zero-order valence-electron chi connectivity index (χ0n) is 7.84. The standard InChI is InChI=1S/C9H20O2/c1-4-9(7-11-3)6-5-8(2)10/h8-10H,4-7H2,1-3H3. The molecule has 1 N–H and O–H groups in total. The second-order valence-corrected chi connectivity index (χ2v) is 3.16. The molecule has 0 spiro atoms. The van der Waals surface area contributed by atoms with Gasteiger partial charge in [0.25, 0.3) is 0 Å². The van der Waals surface area contributed by atoms with Gasteiger partial charge in [-0.1, -0.05) is 13.3 Å². The van der Waals surface area contributed by atoms with Gasteiger partial charge in [-0.2, -0.15) is 0 Å². The van der Waals surface area contributed by atoms with Gasteiger partial charge in [0.15, 0.2) is 0 Å². The molecule has 68 valence electrons. The Bertz CT molecular complexity index is 81.6. The van der Waals surface area contributed by atoms with Crippen molar-refractivity contribution in [2.45, 2.75) is 39.2 Å². The molecule has 0 saturated carbocycles. The molecular formula is C9H20O2. The number of aliphatic hydroxyl groups is 1. The van der Waals surface area contributed by atoms with E-state index in [9.17, 15) is 0 Å². The highest BCUT2D eigenvalue weighted by atomic mass is 16.5. The molecular weight excluding hydrogens is 140 g/mol. The molecule has 0 aliphatic heterocycles. The van der Waals surface area contributed by atoms with Gasteiger partial charge in [0.2, 0.25) is 0 Å². The minimum Gasteiger partial charge on any atom is -0.393 e.